The standard InChI is InChI=1S/C20H19F4NO3/c21-15-8-6-12(7-9-15)17(13-3-1-4-14(11-13)20(22,23)24)18(26)16-5-2-10-25(16)19(27)28/h1,3-4,6-9,11,16-18,26H,2,5,10H2,(H,27,28)/t16-,17+,18+/m1/s1. The Bertz CT molecular complexity index is 838. The Morgan fingerprint density at radius 1 is 1.11 bits per heavy atom. The Balaban J connectivity index is 2.06. The van der Waals surface area contributed by atoms with Crippen molar-refractivity contribution in [3.8, 4) is 0 Å². The number of aliphatic hydroxyl groups is 1. The van der Waals surface area contributed by atoms with Crippen molar-refractivity contribution in [2.75, 3.05) is 6.54 Å². The van der Waals surface area contributed by atoms with E-state index in [9.17, 15) is 32.6 Å². The van der Waals surface area contributed by atoms with Crippen molar-refractivity contribution in [1.29, 1.82) is 0 Å². The van der Waals surface area contributed by atoms with Crippen molar-refractivity contribution < 1.29 is 32.6 Å². The third kappa shape index (κ3) is 4.11. The number of hydrogen-bond acceptors (Lipinski definition) is 2. The summed E-state index contributed by atoms with van der Waals surface area (Å²) in [5, 5.41) is 20.4. The number of aliphatic hydroxyl groups excluding tert-OH is 1. The monoisotopic (exact) mass is 397 g/mol. The molecule has 1 heterocycles. The summed E-state index contributed by atoms with van der Waals surface area (Å²) in [5.41, 5.74) is -0.276. The lowest BCUT2D eigenvalue weighted by Crippen LogP contribution is -2.44. The van der Waals surface area contributed by atoms with Crippen LogP contribution >= 0.6 is 0 Å². The molecule has 0 spiro atoms. The van der Waals surface area contributed by atoms with Gasteiger partial charge in [0.2, 0.25) is 0 Å². The molecule has 8 heteroatoms. The zero-order valence-corrected chi connectivity index (χ0v) is 14.7. The highest BCUT2D eigenvalue weighted by atomic mass is 19.4. The van der Waals surface area contributed by atoms with Gasteiger partial charge in [-0.2, -0.15) is 13.2 Å². The van der Waals surface area contributed by atoms with Gasteiger partial charge >= 0.3 is 12.3 Å². The van der Waals surface area contributed by atoms with E-state index in [1.165, 1.54) is 24.3 Å². The second kappa shape index (κ2) is 7.79. The molecule has 1 fully saturated rings. The minimum Gasteiger partial charge on any atom is -0.465 e. The van der Waals surface area contributed by atoms with Gasteiger partial charge in [0.15, 0.2) is 0 Å². The van der Waals surface area contributed by atoms with Gasteiger partial charge in [0, 0.05) is 12.5 Å². The Kier molecular flexibility index (Phi) is 5.60. The van der Waals surface area contributed by atoms with Crippen LogP contribution in [0.1, 0.15) is 35.4 Å². The number of alkyl halides is 3. The first-order valence-corrected chi connectivity index (χ1v) is 8.78. The van der Waals surface area contributed by atoms with Crippen molar-refractivity contribution in [2.24, 2.45) is 0 Å². The first kappa shape index (κ1) is 20.1. The number of carboxylic acid groups (broad SMARTS) is 1. The van der Waals surface area contributed by atoms with E-state index in [-0.39, 0.29) is 12.1 Å². The van der Waals surface area contributed by atoms with E-state index in [4.69, 9.17) is 0 Å². The molecule has 4 nitrogen and oxygen atoms in total. The average molecular weight is 397 g/mol. The van der Waals surface area contributed by atoms with E-state index in [0.29, 0.717) is 18.4 Å². The van der Waals surface area contributed by atoms with Crippen molar-refractivity contribution >= 4 is 6.09 Å². The van der Waals surface area contributed by atoms with Crippen LogP contribution in [0.25, 0.3) is 0 Å². The number of nitrogens with zero attached hydrogens (tertiary/aromatic N) is 1. The Labute approximate surface area is 159 Å². The molecular weight excluding hydrogens is 378 g/mol. The maximum Gasteiger partial charge on any atom is 0.416 e. The fourth-order valence-electron chi connectivity index (χ4n) is 3.77. The summed E-state index contributed by atoms with van der Waals surface area (Å²) >= 11 is 0. The molecular formula is C20H19F4NO3. The van der Waals surface area contributed by atoms with Crippen LogP contribution in [0.5, 0.6) is 0 Å². The topological polar surface area (TPSA) is 60.8 Å². The Morgan fingerprint density at radius 3 is 2.39 bits per heavy atom. The molecule has 1 aliphatic rings. The van der Waals surface area contributed by atoms with E-state index in [1.54, 1.807) is 0 Å². The van der Waals surface area contributed by atoms with Crippen LogP contribution in [0, 0.1) is 5.82 Å². The van der Waals surface area contributed by atoms with Crippen LogP contribution in [0.15, 0.2) is 48.5 Å². The van der Waals surface area contributed by atoms with Gasteiger partial charge in [-0.25, -0.2) is 9.18 Å². The molecule has 1 amide bonds. The highest BCUT2D eigenvalue weighted by Gasteiger charge is 2.39. The van der Waals surface area contributed by atoms with Gasteiger partial charge in [0.05, 0.1) is 17.7 Å². The van der Waals surface area contributed by atoms with E-state index < -0.39 is 41.7 Å². The van der Waals surface area contributed by atoms with E-state index in [1.807, 2.05) is 0 Å². The summed E-state index contributed by atoms with van der Waals surface area (Å²) in [6.07, 6.45) is -6.10. The molecule has 150 valence electrons. The molecule has 2 aromatic rings. The number of benzene rings is 2. The zero-order chi connectivity index (χ0) is 20.5. The number of amides is 1. The van der Waals surface area contributed by atoms with E-state index in [0.717, 1.165) is 29.2 Å². The smallest absolute Gasteiger partial charge is 0.416 e. The largest absolute Gasteiger partial charge is 0.465 e. The second-order valence-electron chi connectivity index (χ2n) is 6.83. The molecule has 3 rings (SSSR count). The highest BCUT2D eigenvalue weighted by Crippen LogP contribution is 2.37. The van der Waals surface area contributed by atoms with Crippen LogP contribution in [0.4, 0.5) is 22.4 Å². The van der Waals surface area contributed by atoms with Crippen molar-refractivity contribution in [2.45, 2.75) is 37.1 Å². The second-order valence-corrected chi connectivity index (χ2v) is 6.83. The minimum atomic E-state index is -4.56. The lowest BCUT2D eigenvalue weighted by atomic mass is 9.82. The molecule has 0 aliphatic carbocycles. The van der Waals surface area contributed by atoms with Crippen LogP contribution in [-0.4, -0.2) is 39.9 Å². The molecule has 2 aromatic carbocycles. The van der Waals surface area contributed by atoms with Crippen LogP contribution in [0.2, 0.25) is 0 Å². The van der Waals surface area contributed by atoms with Crippen molar-refractivity contribution in [3.63, 3.8) is 0 Å². The molecule has 0 saturated carbocycles. The third-order valence-corrected chi connectivity index (χ3v) is 5.08. The van der Waals surface area contributed by atoms with Gasteiger partial charge in [0.1, 0.15) is 5.82 Å². The molecule has 3 atom stereocenters. The molecule has 1 aliphatic heterocycles. The van der Waals surface area contributed by atoms with Gasteiger partial charge in [-0.05, 0) is 42.2 Å². The van der Waals surface area contributed by atoms with Gasteiger partial charge in [-0.15, -0.1) is 0 Å². The molecule has 1 saturated heterocycles. The number of likely N-dealkylation sites (tertiary alicyclic amines) is 1. The number of rotatable bonds is 4. The molecule has 0 bridgehead atoms. The first-order chi connectivity index (χ1) is 13.2. The summed E-state index contributed by atoms with van der Waals surface area (Å²) < 4.78 is 52.8. The summed E-state index contributed by atoms with van der Waals surface area (Å²) in [5.74, 6) is -1.46. The third-order valence-electron chi connectivity index (χ3n) is 5.08. The van der Waals surface area contributed by atoms with E-state index in [2.05, 4.69) is 0 Å². The summed E-state index contributed by atoms with van der Waals surface area (Å²) in [7, 11) is 0. The van der Waals surface area contributed by atoms with Crippen molar-refractivity contribution in [1.82, 2.24) is 4.90 Å². The highest BCUT2D eigenvalue weighted by molar-refractivity contribution is 5.66. The summed E-state index contributed by atoms with van der Waals surface area (Å²) in [6.45, 7) is 0.246. The normalized spacial score (nSPS) is 19.5. The molecule has 2 N–H and O–H groups in total. The number of halogens is 4. The summed E-state index contributed by atoms with van der Waals surface area (Å²) in [6, 6.07) is 8.90. The Hall–Kier alpha value is -2.61. The quantitative estimate of drug-likeness (QED) is 0.748. The molecule has 28 heavy (non-hydrogen) atoms. The van der Waals surface area contributed by atoms with Crippen LogP contribution < -0.4 is 0 Å². The number of hydrogen-bond donors (Lipinski definition) is 2. The summed E-state index contributed by atoms with van der Waals surface area (Å²) in [4.78, 5) is 12.6. The average Bonchev–Trinajstić information content (AvgIpc) is 3.13. The number of carbonyl (C=O) groups is 1. The maximum absolute atomic E-state index is 13.3. The predicted octanol–water partition coefficient (Wildman–Crippen LogP) is 4.48. The molecule has 0 radical (unpaired) electrons. The first-order valence-electron chi connectivity index (χ1n) is 8.78. The van der Waals surface area contributed by atoms with Crippen LogP contribution in [-0.2, 0) is 6.18 Å². The molecule has 0 unspecified atom stereocenters. The fraction of sp³-hybridized carbons (Fsp3) is 0.350. The van der Waals surface area contributed by atoms with Gasteiger partial charge in [-0.1, -0.05) is 30.3 Å². The van der Waals surface area contributed by atoms with E-state index >= 15 is 0 Å². The lowest BCUT2D eigenvalue weighted by molar-refractivity contribution is -0.137. The SMILES string of the molecule is O=C(O)N1CCC[C@@H]1[C@H](O)[C@@H](c1ccc(F)cc1)c1cccc(C(F)(F)F)c1. The predicted molar refractivity (Wildman–Crippen MR) is 93.4 cm³/mol. The fourth-order valence-corrected chi connectivity index (χ4v) is 3.77. The molecule has 0 aromatic heterocycles. The lowest BCUT2D eigenvalue weighted by Gasteiger charge is -2.33. The maximum atomic E-state index is 13.3. The van der Waals surface area contributed by atoms with Gasteiger partial charge in [0.25, 0.3) is 0 Å². The zero-order valence-electron chi connectivity index (χ0n) is 14.7. The minimum absolute atomic E-state index is 0.186. The van der Waals surface area contributed by atoms with Gasteiger partial charge < -0.3 is 15.1 Å². The Morgan fingerprint density at radius 2 is 1.79 bits per heavy atom. The van der Waals surface area contributed by atoms with Gasteiger partial charge in [-0.3, -0.25) is 0 Å². The van der Waals surface area contributed by atoms with Crippen molar-refractivity contribution in [3.05, 3.63) is 71.0 Å². The van der Waals surface area contributed by atoms with Crippen LogP contribution in [0.3, 0.4) is 0 Å².